The van der Waals surface area contributed by atoms with Gasteiger partial charge < -0.3 is 10.2 Å². The Morgan fingerprint density at radius 1 is 1.42 bits per heavy atom. The summed E-state index contributed by atoms with van der Waals surface area (Å²) in [5.41, 5.74) is 0.563. The fourth-order valence-electron chi connectivity index (χ4n) is 2.50. The zero-order valence-electron chi connectivity index (χ0n) is 11.4. The molecule has 0 bridgehead atoms. The third kappa shape index (κ3) is 3.77. The molecule has 1 aromatic carbocycles. The Morgan fingerprint density at radius 2 is 2.16 bits per heavy atom. The molecule has 1 saturated heterocycles. The van der Waals surface area contributed by atoms with Crippen molar-refractivity contribution in [3.8, 4) is 0 Å². The van der Waals surface area contributed by atoms with E-state index in [1.807, 2.05) is 4.90 Å². The van der Waals surface area contributed by atoms with Gasteiger partial charge >= 0.3 is 0 Å². The van der Waals surface area contributed by atoms with Gasteiger partial charge in [0, 0.05) is 24.7 Å². The molecule has 0 saturated carbocycles. The van der Waals surface area contributed by atoms with Crippen molar-refractivity contribution < 1.29 is 9.18 Å². The lowest BCUT2D eigenvalue weighted by molar-refractivity contribution is 0.0742. The van der Waals surface area contributed by atoms with E-state index >= 15 is 0 Å². The Hall–Kier alpha value is -1.42. The lowest BCUT2D eigenvalue weighted by Crippen LogP contribution is -2.41. The third-order valence-corrected chi connectivity index (χ3v) is 3.48. The third-order valence-electron chi connectivity index (χ3n) is 3.48. The minimum absolute atomic E-state index is 0.00412. The second-order valence-electron chi connectivity index (χ2n) is 5.05. The average Bonchev–Trinajstić information content (AvgIpc) is 2.91. The highest BCUT2D eigenvalue weighted by Gasteiger charge is 2.21. The normalized spacial score (nSPS) is 18.5. The number of amides is 1. The molecule has 0 spiro atoms. The highest BCUT2D eigenvalue weighted by Crippen LogP contribution is 2.12. The van der Waals surface area contributed by atoms with Gasteiger partial charge in [-0.2, -0.15) is 0 Å². The van der Waals surface area contributed by atoms with Crippen LogP contribution < -0.4 is 5.32 Å². The van der Waals surface area contributed by atoms with Crippen LogP contribution in [0.15, 0.2) is 24.3 Å². The molecule has 0 aromatic heterocycles. The summed E-state index contributed by atoms with van der Waals surface area (Å²) in [6.45, 7) is 4.58. The molecule has 104 valence electrons. The van der Waals surface area contributed by atoms with E-state index in [2.05, 4.69) is 12.2 Å². The quantitative estimate of drug-likeness (QED) is 0.886. The van der Waals surface area contributed by atoms with Gasteiger partial charge in [-0.15, -0.1) is 0 Å². The number of halogens is 1. The SMILES string of the molecule is CCCN(CC1CCCN1)C(=O)c1ccc(F)cc1. The number of carbonyl (C=O) groups excluding carboxylic acids is 1. The van der Waals surface area contributed by atoms with Crippen molar-refractivity contribution in [2.24, 2.45) is 0 Å². The Morgan fingerprint density at radius 3 is 2.74 bits per heavy atom. The predicted molar refractivity (Wildman–Crippen MR) is 73.6 cm³/mol. The van der Waals surface area contributed by atoms with Gasteiger partial charge in [0.2, 0.25) is 0 Å². The van der Waals surface area contributed by atoms with Crippen molar-refractivity contribution in [1.29, 1.82) is 0 Å². The summed E-state index contributed by atoms with van der Waals surface area (Å²) in [6.07, 6.45) is 3.23. The molecule has 3 nitrogen and oxygen atoms in total. The predicted octanol–water partition coefficient (Wildman–Crippen LogP) is 2.43. The summed E-state index contributed by atoms with van der Waals surface area (Å²) < 4.78 is 12.9. The molecular weight excluding hydrogens is 243 g/mol. The molecule has 1 fully saturated rings. The van der Waals surface area contributed by atoms with Gasteiger partial charge in [0.15, 0.2) is 0 Å². The van der Waals surface area contributed by atoms with Crippen LogP contribution >= 0.6 is 0 Å². The zero-order chi connectivity index (χ0) is 13.7. The molecule has 0 radical (unpaired) electrons. The van der Waals surface area contributed by atoms with Gasteiger partial charge in [0.1, 0.15) is 5.82 Å². The van der Waals surface area contributed by atoms with Crippen molar-refractivity contribution in [2.45, 2.75) is 32.2 Å². The molecule has 1 atom stereocenters. The summed E-state index contributed by atoms with van der Waals surface area (Å²) >= 11 is 0. The van der Waals surface area contributed by atoms with Gasteiger partial charge in [-0.3, -0.25) is 4.79 Å². The molecule has 1 heterocycles. The van der Waals surface area contributed by atoms with E-state index in [-0.39, 0.29) is 11.7 Å². The molecule has 1 N–H and O–H groups in total. The van der Waals surface area contributed by atoms with Crippen LogP contribution in [0.3, 0.4) is 0 Å². The first kappa shape index (κ1) is 14.0. The lowest BCUT2D eigenvalue weighted by Gasteiger charge is -2.25. The number of carbonyl (C=O) groups is 1. The molecule has 19 heavy (non-hydrogen) atoms. The largest absolute Gasteiger partial charge is 0.337 e. The summed E-state index contributed by atoms with van der Waals surface area (Å²) in [6, 6.07) is 6.19. The van der Waals surface area contributed by atoms with Crippen LogP contribution in [0.5, 0.6) is 0 Å². The van der Waals surface area contributed by atoms with Gasteiger partial charge in [-0.25, -0.2) is 4.39 Å². The standard InChI is InChI=1S/C15H21FN2O/c1-2-10-18(11-14-4-3-9-17-14)15(19)12-5-7-13(16)8-6-12/h5-8,14,17H,2-4,9-11H2,1H3. The maximum Gasteiger partial charge on any atom is 0.253 e. The van der Waals surface area contributed by atoms with E-state index in [0.29, 0.717) is 11.6 Å². The van der Waals surface area contributed by atoms with E-state index < -0.39 is 0 Å². The number of rotatable bonds is 5. The highest BCUT2D eigenvalue weighted by atomic mass is 19.1. The first-order chi connectivity index (χ1) is 9.20. The monoisotopic (exact) mass is 264 g/mol. The molecular formula is C15H21FN2O. The van der Waals surface area contributed by atoms with E-state index in [1.54, 1.807) is 12.1 Å². The Bertz CT molecular complexity index is 413. The Labute approximate surface area is 113 Å². The summed E-state index contributed by atoms with van der Waals surface area (Å²) in [7, 11) is 0. The average molecular weight is 264 g/mol. The van der Waals surface area contributed by atoms with Crippen molar-refractivity contribution in [3.05, 3.63) is 35.6 Å². The minimum atomic E-state index is -0.309. The summed E-state index contributed by atoms with van der Waals surface area (Å²) in [5.74, 6) is -0.313. The number of hydrogen-bond donors (Lipinski definition) is 1. The van der Waals surface area contributed by atoms with Crippen LogP contribution in [-0.4, -0.2) is 36.5 Å². The van der Waals surface area contributed by atoms with Crippen molar-refractivity contribution in [3.63, 3.8) is 0 Å². The summed E-state index contributed by atoms with van der Waals surface area (Å²) in [4.78, 5) is 14.3. The van der Waals surface area contributed by atoms with Crippen LogP contribution in [0.4, 0.5) is 4.39 Å². The van der Waals surface area contributed by atoms with E-state index in [9.17, 15) is 9.18 Å². The fraction of sp³-hybridized carbons (Fsp3) is 0.533. The minimum Gasteiger partial charge on any atom is -0.337 e. The molecule has 2 rings (SSSR count). The molecule has 1 aliphatic heterocycles. The van der Waals surface area contributed by atoms with Crippen LogP contribution in [0.1, 0.15) is 36.5 Å². The number of nitrogens with zero attached hydrogens (tertiary/aromatic N) is 1. The van der Waals surface area contributed by atoms with Gasteiger partial charge in [-0.1, -0.05) is 6.92 Å². The first-order valence-corrected chi connectivity index (χ1v) is 6.99. The van der Waals surface area contributed by atoms with Crippen LogP contribution in [0.2, 0.25) is 0 Å². The number of nitrogens with one attached hydrogen (secondary N) is 1. The van der Waals surface area contributed by atoms with Crippen LogP contribution in [-0.2, 0) is 0 Å². The van der Waals surface area contributed by atoms with Crippen molar-refractivity contribution >= 4 is 5.91 Å². The molecule has 4 heteroatoms. The molecule has 1 aromatic rings. The second kappa shape index (κ2) is 6.66. The number of hydrogen-bond acceptors (Lipinski definition) is 2. The Kier molecular flexibility index (Phi) is 4.91. The van der Waals surface area contributed by atoms with Gasteiger partial charge in [-0.05, 0) is 50.1 Å². The van der Waals surface area contributed by atoms with Crippen molar-refractivity contribution in [2.75, 3.05) is 19.6 Å². The highest BCUT2D eigenvalue weighted by molar-refractivity contribution is 5.94. The van der Waals surface area contributed by atoms with Crippen LogP contribution in [0.25, 0.3) is 0 Å². The van der Waals surface area contributed by atoms with E-state index in [1.165, 1.54) is 18.6 Å². The van der Waals surface area contributed by atoms with Gasteiger partial charge in [0.05, 0.1) is 0 Å². The van der Waals surface area contributed by atoms with Crippen molar-refractivity contribution in [1.82, 2.24) is 10.2 Å². The summed E-state index contributed by atoms with van der Waals surface area (Å²) in [5, 5.41) is 3.41. The maximum atomic E-state index is 12.9. The molecule has 1 unspecified atom stereocenters. The van der Waals surface area contributed by atoms with Crippen LogP contribution in [0, 0.1) is 5.82 Å². The lowest BCUT2D eigenvalue weighted by atomic mass is 10.1. The molecule has 1 amide bonds. The second-order valence-corrected chi connectivity index (χ2v) is 5.05. The smallest absolute Gasteiger partial charge is 0.253 e. The van der Waals surface area contributed by atoms with E-state index in [4.69, 9.17) is 0 Å². The topological polar surface area (TPSA) is 32.3 Å². The fourth-order valence-corrected chi connectivity index (χ4v) is 2.50. The molecule has 0 aliphatic carbocycles. The zero-order valence-corrected chi connectivity index (χ0v) is 11.4. The Balaban J connectivity index is 2.04. The van der Waals surface area contributed by atoms with Gasteiger partial charge in [0.25, 0.3) is 5.91 Å². The van der Waals surface area contributed by atoms with E-state index in [0.717, 1.165) is 32.5 Å². The number of benzene rings is 1. The first-order valence-electron chi connectivity index (χ1n) is 6.99. The molecule has 1 aliphatic rings. The maximum absolute atomic E-state index is 12.9.